The van der Waals surface area contributed by atoms with E-state index in [-0.39, 0.29) is 17.2 Å². The van der Waals surface area contributed by atoms with Crippen molar-refractivity contribution in [3.8, 4) is 11.3 Å². The number of anilines is 1. The second-order valence-electron chi connectivity index (χ2n) is 6.46. The highest BCUT2D eigenvalue weighted by molar-refractivity contribution is 6.08. The Hall–Kier alpha value is -3.81. The molecule has 8 heteroatoms. The molecule has 0 spiro atoms. The van der Waals surface area contributed by atoms with E-state index >= 15 is 0 Å². The van der Waals surface area contributed by atoms with Gasteiger partial charge < -0.3 is 5.32 Å². The second-order valence-corrected chi connectivity index (χ2v) is 6.46. The van der Waals surface area contributed by atoms with E-state index in [2.05, 4.69) is 15.3 Å². The predicted molar refractivity (Wildman–Crippen MR) is 104 cm³/mol. The minimum absolute atomic E-state index is 0.112. The van der Waals surface area contributed by atoms with Gasteiger partial charge in [0.25, 0.3) is 5.91 Å². The lowest BCUT2D eigenvalue weighted by molar-refractivity contribution is -0.139. The summed E-state index contributed by atoms with van der Waals surface area (Å²) in [6, 6.07) is 14.2. The van der Waals surface area contributed by atoms with Crippen LogP contribution in [0.4, 0.5) is 23.2 Å². The van der Waals surface area contributed by atoms with Crippen molar-refractivity contribution in [1.29, 1.82) is 0 Å². The molecule has 150 valence electrons. The first kappa shape index (κ1) is 19.5. The standard InChI is InChI=1S/C22H13F4N3O/c23-17-6-4-15(12-16(17)22(24,25)26)18-7-5-13-2-1-3-19(20(13)28-18)29-21(30)14-8-10-27-11-9-14/h1-12H,(H,29,30). The Morgan fingerprint density at radius 2 is 1.70 bits per heavy atom. The normalized spacial score (nSPS) is 11.5. The molecule has 2 aromatic heterocycles. The first-order chi connectivity index (χ1) is 14.3. The van der Waals surface area contributed by atoms with E-state index < -0.39 is 17.6 Å². The van der Waals surface area contributed by atoms with Crippen molar-refractivity contribution in [2.75, 3.05) is 5.32 Å². The highest BCUT2D eigenvalue weighted by atomic mass is 19.4. The number of rotatable bonds is 3. The number of aromatic nitrogens is 2. The number of alkyl halides is 3. The Bertz CT molecular complexity index is 1240. The molecule has 0 bridgehead atoms. The van der Waals surface area contributed by atoms with Crippen LogP contribution in [0.1, 0.15) is 15.9 Å². The Kier molecular flexibility index (Phi) is 4.91. The quantitative estimate of drug-likeness (QED) is 0.440. The third-order valence-electron chi connectivity index (χ3n) is 4.48. The van der Waals surface area contributed by atoms with Gasteiger partial charge in [0.15, 0.2) is 0 Å². The molecule has 0 saturated carbocycles. The molecular formula is C22H13F4N3O. The summed E-state index contributed by atoms with van der Waals surface area (Å²) >= 11 is 0. The van der Waals surface area contributed by atoms with E-state index in [1.807, 2.05) is 0 Å². The predicted octanol–water partition coefficient (Wildman–Crippen LogP) is 5.71. The van der Waals surface area contributed by atoms with Crippen LogP contribution in [0.25, 0.3) is 22.2 Å². The average Bonchev–Trinajstić information content (AvgIpc) is 2.74. The van der Waals surface area contributed by atoms with E-state index in [1.54, 1.807) is 42.5 Å². The monoisotopic (exact) mass is 411 g/mol. The molecule has 0 radical (unpaired) electrons. The number of benzene rings is 2. The molecule has 4 rings (SSSR count). The molecule has 0 unspecified atom stereocenters. The average molecular weight is 411 g/mol. The van der Waals surface area contributed by atoms with Gasteiger partial charge in [-0.05, 0) is 42.5 Å². The van der Waals surface area contributed by atoms with Gasteiger partial charge in [-0.3, -0.25) is 9.78 Å². The number of amides is 1. The van der Waals surface area contributed by atoms with Gasteiger partial charge in [-0.15, -0.1) is 0 Å². The molecule has 0 fully saturated rings. The number of carbonyl (C=O) groups is 1. The van der Waals surface area contributed by atoms with Crippen molar-refractivity contribution in [2.45, 2.75) is 6.18 Å². The molecule has 2 aromatic carbocycles. The zero-order valence-corrected chi connectivity index (χ0v) is 15.2. The zero-order chi connectivity index (χ0) is 21.3. The first-order valence-corrected chi connectivity index (χ1v) is 8.81. The number of para-hydroxylation sites is 1. The summed E-state index contributed by atoms with van der Waals surface area (Å²) in [6.45, 7) is 0. The largest absolute Gasteiger partial charge is 0.419 e. The summed E-state index contributed by atoms with van der Waals surface area (Å²) in [5.74, 6) is -1.73. The molecule has 0 aliphatic heterocycles. The van der Waals surface area contributed by atoms with Gasteiger partial charge in [-0.2, -0.15) is 13.2 Å². The molecular weight excluding hydrogens is 398 g/mol. The highest BCUT2D eigenvalue weighted by Gasteiger charge is 2.34. The maximum Gasteiger partial charge on any atom is 0.419 e. The van der Waals surface area contributed by atoms with E-state index in [9.17, 15) is 22.4 Å². The van der Waals surface area contributed by atoms with Crippen LogP contribution in [0.2, 0.25) is 0 Å². The molecule has 0 aliphatic rings. The number of hydrogen-bond acceptors (Lipinski definition) is 3. The zero-order valence-electron chi connectivity index (χ0n) is 15.2. The van der Waals surface area contributed by atoms with Gasteiger partial charge in [0.05, 0.1) is 22.5 Å². The number of nitrogens with one attached hydrogen (secondary N) is 1. The summed E-state index contributed by atoms with van der Waals surface area (Å²) in [5.41, 5.74) is 0.164. The number of pyridine rings is 2. The minimum Gasteiger partial charge on any atom is -0.320 e. The number of carbonyl (C=O) groups excluding carboxylic acids is 1. The van der Waals surface area contributed by atoms with Crippen molar-refractivity contribution < 1.29 is 22.4 Å². The Labute approximate surface area is 168 Å². The lowest BCUT2D eigenvalue weighted by Crippen LogP contribution is -2.12. The van der Waals surface area contributed by atoms with Crippen LogP contribution in [0.3, 0.4) is 0 Å². The molecule has 2 heterocycles. The summed E-state index contributed by atoms with van der Waals surface area (Å²) in [5, 5.41) is 3.44. The van der Waals surface area contributed by atoms with Crippen LogP contribution in [-0.4, -0.2) is 15.9 Å². The van der Waals surface area contributed by atoms with Crippen molar-refractivity contribution in [3.05, 3.63) is 90.0 Å². The maximum atomic E-state index is 13.6. The van der Waals surface area contributed by atoms with Gasteiger partial charge in [-0.1, -0.05) is 18.2 Å². The molecule has 30 heavy (non-hydrogen) atoms. The summed E-state index contributed by atoms with van der Waals surface area (Å²) in [7, 11) is 0. The van der Waals surface area contributed by atoms with Gasteiger partial charge in [0, 0.05) is 28.9 Å². The molecule has 1 N–H and O–H groups in total. The van der Waals surface area contributed by atoms with Crippen molar-refractivity contribution >= 4 is 22.5 Å². The van der Waals surface area contributed by atoms with Crippen molar-refractivity contribution in [3.63, 3.8) is 0 Å². The summed E-state index contributed by atoms with van der Waals surface area (Å²) in [4.78, 5) is 20.8. The highest BCUT2D eigenvalue weighted by Crippen LogP contribution is 2.34. The molecule has 0 aliphatic carbocycles. The van der Waals surface area contributed by atoms with Crippen molar-refractivity contribution in [2.24, 2.45) is 0 Å². The molecule has 0 atom stereocenters. The Balaban J connectivity index is 1.76. The van der Waals surface area contributed by atoms with E-state index in [4.69, 9.17) is 0 Å². The summed E-state index contributed by atoms with van der Waals surface area (Å²) < 4.78 is 52.8. The van der Waals surface area contributed by atoms with Crippen LogP contribution in [0.5, 0.6) is 0 Å². The lowest BCUT2D eigenvalue weighted by atomic mass is 10.0. The lowest BCUT2D eigenvalue weighted by Gasteiger charge is -2.12. The number of nitrogens with zero attached hydrogens (tertiary/aromatic N) is 2. The minimum atomic E-state index is -4.82. The third-order valence-corrected chi connectivity index (χ3v) is 4.48. The van der Waals surface area contributed by atoms with E-state index in [0.717, 1.165) is 12.1 Å². The third kappa shape index (κ3) is 3.84. The Morgan fingerprint density at radius 1 is 0.933 bits per heavy atom. The Morgan fingerprint density at radius 3 is 2.43 bits per heavy atom. The SMILES string of the molecule is O=C(Nc1cccc2ccc(-c3ccc(F)c(C(F)(F)F)c3)nc12)c1ccncc1. The van der Waals surface area contributed by atoms with Crippen molar-refractivity contribution in [1.82, 2.24) is 9.97 Å². The van der Waals surface area contributed by atoms with Crippen LogP contribution >= 0.6 is 0 Å². The van der Waals surface area contributed by atoms with Gasteiger partial charge in [0.2, 0.25) is 0 Å². The second kappa shape index (κ2) is 7.55. The molecule has 4 nitrogen and oxygen atoms in total. The first-order valence-electron chi connectivity index (χ1n) is 8.81. The fraction of sp³-hybridized carbons (Fsp3) is 0.0455. The van der Waals surface area contributed by atoms with Gasteiger partial charge in [-0.25, -0.2) is 9.37 Å². The maximum absolute atomic E-state index is 13.6. The van der Waals surface area contributed by atoms with E-state index in [0.29, 0.717) is 22.2 Å². The van der Waals surface area contributed by atoms with Gasteiger partial charge in [0.1, 0.15) is 5.82 Å². The molecule has 4 aromatic rings. The van der Waals surface area contributed by atoms with Crippen LogP contribution < -0.4 is 5.32 Å². The van der Waals surface area contributed by atoms with Crippen LogP contribution in [-0.2, 0) is 6.18 Å². The number of fused-ring (bicyclic) bond motifs is 1. The molecule has 0 saturated heterocycles. The number of hydrogen-bond donors (Lipinski definition) is 1. The molecule has 1 amide bonds. The fourth-order valence-electron chi connectivity index (χ4n) is 3.01. The summed E-state index contributed by atoms with van der Waals surface area (Å²) in [6.07, 6.45) is -1.84. The fourth-order valence-corrected chi connectivity index (χ4v) is 3.01. The smallest absolute Gasteiger partial charge is 0.320 e. The van der Waals surface area contributed by atoms with E-state index in [1.165, 1.54) is 18.5 Å². The van der Waals surface area contributed by atoms with Crippen LogP contribution in [0, 0.1) is 5.82 Å². The van der Waals surface area contributed by atoms with Gasteiger partial charge >= 0.3 is 6.18 Å². The topological polar surface area (TPSA) is 54.9 Å². The number of halogens is 4. The van der Waals surface area contributed by atoms with Crippen LogP contribution in [0.15, 0.2) is 73.1 Å².